The minimum Gasteiger partial charge on any atom is -0.493 e. The highest BCUT2D eigenvalue weighted by molar-refractivity contribution is 6.30. The van der Waals surface area contributed by atoms with E-state index < -0.39 is 4.92 Å². The van der Waals surface area contributed by atoms with Crippen LogP contribution in [0.5, 0.6) is 17.2 Å². The maximum absolute atomic E-state index is 11.3. The Hall–Kier alpha value is -3.23. The maximum Gasteiger partial charge on any atom is 0.281 e. The maximum atomic E-state index is 11.3. The molecule has 0 aliphatic heterocycles. The van der Waals surface area contributed by atoms with E-state index in [2.05, 4.69) is 5.32 Å². The SMILES string of the molecule is COc1ccc(CNCc2ccc(-c3ccc(Cl)cc3[N+](=O)[O-])o2)c(OC)c1OC. The number of hydrogen-bond acceptors (Lipinski definition) is 7. The highest BCUT2D eigenvalue weighted by Crippen LogP contribution is 2.39. The Balaban J connectivity index is 1.73. The van der Waals surface area contributed by atoms with Gasteiger partial charge in [0.15, 0.2) is 11.5 Å². The third kappa shape index (κ3) is 4.50. The van der Waals surface area contributed by atoms with Gasteiger partial charge in [0.2, 0.25) is 5.75 Å². The number of methoxy groups -OCH3 is 3. The second kappa shape index (κ2) is 9.51. The lowest BCUT2D eigenvalue weighted by Gasteiger charge is -2.15. The van der Waals surface area contributed by atoms with E-state index in [0.29, 0.717) is 52.4 Å². The summed E-state index contributed by atoms with van der Waals surface area (Å²) in [5.41, 5.74) is 1.15. The van der Waals surface area contributed by atoms with Crippen LogP contribution >= 0.6 is 11.6 Å². The number of nitro benzene ring substituents is 1. The van der Waals surface area contributed by atoms with E-state index >= 15 is 0 Å². The summed E-state index contributed by atoms with van der Waals surface area (Å²) in [5.74, 6) is 2.72. The van der Waals surface area contributed by atoms with Gasteiger partial charge in [-0.05, 0) is 30.3 Å². The number of nitro groups is 1. The molecule has 1 aromatic heterocycles. The average Bonchev–Trinajstić information content (AvgIpc) is 3.21. The third-order valence-corrected chi connectivity index (χ3v) is 4.72. The lowest BCUT2D eigenvalue weighted by atomic mass is 10.1. The molecule has 3 aromatic rings. The fraction of sp³-hybridized carbons (Fsp3) is 0.238. The van der Waals surface area contributed by atoms with E-state index in [1.54, 1.807) is 45.6 Å². The minimum atomic E-state index is -0.481. The fourth-order valence-corrected chi connectivity index (χ4v) is 3.27. The van der Waals surface area contributed by atoms with Gasteiger partial charge in [-0.3, -0.25) is 10.1 Å². The molecule has 0 radical (unpaired) electrons. The van der Waals surface area contributed by atoms with Crippen molar-refractivity contribution >= 4 is 17.3 Å². The van der Waals surface area contributed by atoms with Crippen molar-refractivity contribution in [3.8, 4) is 28.6 Å². The van der Waals surface area contributed by atoms with Crippen LogP contribution in [-0.2, 0) is 13.1 Å². The Morgan fingerprint density at radius 2 is 1.77 bits per heavy atom. The Labute approximate surface area is 178 Å². The normalized spacial score (nSPS) is 10.7. The molecule has 1 heterocycles. The van der Waals surface area contributed by atoms with Crippen molar-refractivity contribution in [2.75, 3.05) is 21.3 Å². The summed E-state index contributed by atoms with van der Waals surface area (Å²) >= 11 is 5.87. The van der Waals surface area contributed by atoms with E-state index in [4.69, 9.17) is 30.2 Å². The van der Waals surface area contributed by atoms with Crippen molar-refractivity contribution < 1.29 is 23.6 Å². The molecule has 9 heteroatoms. The first-order chi connectivity index (χ1) is 14.5. The zero-order valence-corrected chi connectivity index (χ0v) is 17.5. The van der Waals surface area contributed by atoms with Crippen LogP contribution < -0.4 is 19.5 Å². The summed E-state index contributed by atoms with van der Waals surface area (Å²) in [4.78, 5) is 10.8. The number of nitrogens with zero attached hydrogens (tertiary/aromatic N) is 1. The highest BCUT2D eigenvalue weighted by atomic mass is 35.5. The van der Waals surface area contributed by atoms with Crippen molar-refractivity contribution in [2.24, 2.45) is 0 Å². The molecule has 3 rings (SSSR count). The molecular weight excluding hydrogens is 412 g/mol. The Morgan fingerprint density at radius 1 is 1.00 bits per heavy atom. The molecule has 158 valence electrons. The van der Waals surface area contributed by atoms with E-state index in [0.717, 1.165) is 5.56 Å². The summed E-state index contributed by atoms with van der Waals surface area (Å²) in [6, 6.07) is 11.6. The van der Waals surface area contributed by atoms with Gasteiger partial charge in [0.25, 0.3) is 5.69 Å². The molecule has 30 heavy (non-hydrogen) atoms. The summed E-state index contributed by atoms with van der Waals surface area (Å²) in [7, 11) is 4.69. The van der Waals surface area contributed by atoms with Crippen molar-refractivity contribution in [1.82, 2.24) is 5.32 Å². The fourth-order valence-electron chi connectivity index (χ4n) is 3.10. The summed E-state index contributed by atoms with van der Waals surface area (Å²) < 4.78 is 22.0. The number of ether oxygens (including phenoxy) is 3. The number of halogens is 1. The molecule has 8 nitrogen and oxygen atoms in total. The number of benzene rings is 2. The molecule has 0 amide bonds. The summed E-state index contributed by atoms with van der Waals surface area (Å²) in [6.45, 7) is 0.902. The molecule has 0 aliphatic rings. The van der Waals surface area contributed by atoms with Crippen LogP contribution in [0, 0.1) is 10.1 Å². The topological polar surface area (TPSA) is 96.0 Å². The van der Waals surface area contributed by atoms with Gasteiger partial charge in [0.1, 0.15) is 11.5 Å². The second-order valence-corrected chi connectivity index (χ2v) is 6.72. The summed E-state index contributed by atoms with van der Waals surface area (Å²) in [5, 5.41) is 14.9. The van der Waals surface area contributed by atoms with Gasteiger partial charge < -0.3 is 23.9 Å². The summed E-state index contributed by atoms with van der Waals surface area (Å²) in [6.07, 6.45) is 0. The smallest absolute Gasteiger partial charge is 0.281 e. The Kier molecular flexibility index (Phi) is 6.81. The quantitative estimate of drug-likeness (QED) is 0.382. The zero-order chi connectivity index (χ0) is 21.7. The predicted octanol–water partition coefficient (Wildman–Crippen LogP) is 4.82. The standard InChI is InChI=1S/C21H21ClN2O6/c1-27-19-8-4-13(20(28-2)21(19)29-3)11-23-12-15-6-9-18(30-15)16-7-5-14(22)10-17(16)24(25)26/h4-10,23H,11-12H2,1-3H3. The van der Waals surface area contributed by atoms with Crippen molar-refractivity contribution in [2.45, 2.75) is 13.1 Å². The molecule has 2 aromatic carbocycles. The van der Waals surface area contributed by atoms with Gasteiger partial charge in [-0.15, -0.1) is 0 Å². The number of furan rings is 1. The van der Waals surface area contributed by atoms with E-state index in [9.17, 15) is 10.1 Å². The molecule has 0 saturated carbocycles. The van der Waals surface area contributed by atoms with Crippen molar-refractivity contribution in [3.05, 3.63) is 68.9 Å². The molecule has 0 spiro atoms. The van der Waals surface area contributed by atoms with Crippen LogP contribution in [0.4, 0.5) is 5.69 Å². The van der Waals surface area contributed by atoms with Gasteiger partial charge in [-0.2, -0.15) is 0 Å². The number of rotatable bonds is 9. The third-order valence-electron chi connectivity index (χ3n) is 4.48. The first kappa shape index (κ1) is 21.5. The van der Waals surface area contributed by atoms with Gasteiger partial charge in [-0.1, -0.05) is 17.7 Å². The van der Waals surface area contributed by atoms with Gasteiger partial charge in [-0.25, -0.2) is 0 Å². The molecule has 0 fully saturated rings. The second-order valence-electron chi connectivity index (χ2n) is 6.28. The molecule has 0 atom stereocenters. The van der Waals surface area contributed by atoms with Gasteiger partial charge >= 0.3 is 0 Å². The van der Waals surface area contributed by atoms with Crippen LogP contribution in [0.15, 0.2) is 46.9 Å². The van der Waals surface area contributed by atoms with Crippen molar-refractivity contribution in [1.29, 1.82) is 0 Å². The molecule has 0 unspecified atom stereocenters. The van der Waals surface area contributed by atoms with E-state index in [1.165, 1.54) is 6.07 Å². The lowest BCUT2D eigenvalue weighted by molar-refractivity contribution is -0.384. The predicted molar refractivity (Wildman–Crippen MR) is 112 cm³/mol. The highest BCUT2D eigenvalue weighted by Gasteiger charge is 2.19. The van der Waals surface area contributed by atoms with E-state index in [1.807, 2.05) is 12.1 Å². The van der Waals surface area contributed by atoms with Crippen LogP contribution in [-0.4, -0.2) is 26.3 Å². The minimum absolute atomic E-state index is 0.105. The zero-order valence-electron chi connectivity index (χ0n) is 16.7. The van der Waals surface area contributed by atoms with Crippen LogP contribution in [0.25, 0.3) is 11.3 Å². The monoisotopic (exact) mass is 432 g/mol. The molecule has 0 aliphatic carbocycles. The number of hydrogen-bond donors (Lipinski definition) is 1. The van der Waals surface area contributed by atoms with Gasteiger partial charge in [0, 0.05) is 23.2 Å². The van der Waals surface area contributed by atoms with Crippen LogP contribution in [0.2, 0.25) is 5.02 Å². The average molecular weight is 433 g/mol. The molecule has 0 saturated heterocycles. The molecular formula is C21H21ClN2O6. The van der Waals surface area contributed by atoms with Gasteiger partial charge in [0.05, 0.1) is 38.4 Å². The Bertz CT molecular complexity index is 1050. The van der Waals surface area contributed by atoms with Crippen LogP contribution in [0.3, 0.4) is 0 Å². The Morgan fingerprint density at radius 3 is 2.43 bits per heavy atom. The van der Waals surface area contributed by atoms with E-state index in [-0.39, 0.29) is 5.69 Å². The largest absolute Gasteiger partial charge is 0.493 e. The van der Waals surface area contributed by atoms with Crippen molar-refractivity contribution in [3.63, 3.8) is 0 Å². The first-order valence-electron chi connectivity index (χ1n) is 9.00. The first-order valence-corrected chi connectivity index (χ1v) is 9.37. The van der Waals surface area contributed by atoms with Crippen LogP contribution in [0.1, 0.15) is 11.3 Å². The number of nitrogens with one attached hydrogen (secondary N) is 1. The molecule has 0 bridgehead atoms. The lowest BCUT2D eigenvalue weighted by Crippen LogP contribution is -2.13. The molecule has 1 N–H and O–H groups in total.